The molecule has 1 atom stereocenters. The zero-order chi connectivity index (χ0) is 12.1. The summed E-state index contributed by atoms with van der Waals surface area (Å²) in [5, 5.41) is 8.25. The fourth-order valence-electron chi connectivity index (χ4n) is 1.11. The van der Waals surface area contributed by atoms with E-state index in [1.54, 1.807) is 25.1 Å². The third-order valence-electron chi connectivity index (χ3n) is 2.06. The molecule has 86 valence electrons. The largest absolute Gasteiger partial charge is 0.480 e. The minimum absolute atomic E-state index is 0.445. The summed E-state index contributed by atoms with van der Waals surface area (Å²) in [4.78, 5) is 21.5. The topological polar surface area (TPSA) is 80.4 Å². The summed E-state index contributed by atoms with van der Waals surface area (Å²) in [5.41, 5.74) is 6.49. The van der Waals surface area contributed by atoms with Crippen molar-refractivity contribution in [1.29, 1.82) is 0 Å². The average molecular weight is 239 g/mol. The van der Waals surface area contributed by atoms with Gasteiger partial charge in [0.15, 0.2) is 0 Å². The second kappa shape index (κ2) is 5.55. The van der Waals surface area contributed by atoms with Crippen molar-refractivity contribution in [2.24, 2.45) is 5.73 Å². The summed E-state index contributed by atoms with van der Waals surface area (Å²) >= 11 is 1.31. The van der Waals surface area contributed by atoms with Crippen LogP contribution in [0.3, 0.4) is 0 Å². The quantitative estimate of drug-likeness (QED) is 0.815. The van der Waals surface area contributed by atoms with Gasteiger partial charge >= 0.3 is 5.97 Å². The van der Waals surface area contributed by atoms with E-state index in [9.17, 15) is 9.59 Å². The van der Waals surface area contributed by atoms with Gasteiger partial charge in [-0.1, -0.05) is 12.1 Å². The maximum absolute atomic E-state index is 10.9. The van der Waals surface area contributed by atoms with Crippen LogP contribution in [0.15, 0.2) is 24.3 Å². The highest BCUT2D eigenvalue weighted by Crippen LogP contribution is 2.18. The first-order valence-electron chi connectivity index (χ1n) is 4.74. The van der Waals surface area contributed by atoms with Crippen molar-refractivity contribution in [3.05, 3.63) is 35.4 Å². The van der Waals surface area contributed by atoms with Crippen LogP contribution < -0.4 is 5.73 Å². The van der Waals surface area contributed by atoms with E-state index in [0.717, 1.165) is 5.56 Å². The van der Waals surface area contributed by atoms with Gasteiger partial charge in [0.25, 0.3) is 0 Å². The van der Waals surface area contributed by atoms with Gasteiger partial charge in [-0.25, -0.2) is 0 Å². The molecule has 1 aromatic carbocycles. The molecule has 1 amide bonds. The molecule has 16 heavy (non-hydrogen) atoms. The Hall–Kier alpha value is -1.49. The van der Waals surface area contributed by atoms with Gasteiger partial charge in [0.05, 0.1) is 5.25 Å². The highest BCUT2D eigenvalue weighted by atomic mass is 32.2. The van der Waals surface area contributed by atoms with Crippen molar-refractivity contribution in [1.82, 2.24) is 0 Å². The number of hydrogen-bond donors (Lipinski definition) is 2. The molecule has 0 bridgehead atoms. The summed E-state index contributed by atoms with van der Waals surface area (Å²) in [5.74, 6) is -0.761. The minimum atomic E-state index is -0.837. The van der Waals surface area contributed by atoms with Crippen LogP contribution in [0.2, 0.25) is 0 Å². The molecule has 0 heterocycles. The normalized spacial score (nSPS) is 12.1. The van der Waals surface area contributed by atoms with Crippen molar-refractivity contribution < 1.29 is 14.7 Å². The lowest BCUT2D eigenvalue weighted by molar-refractivity contribution is -0.136. The number of hydrogen-bond acceptors (Lipinski definition) is 3. The van der Waals surface area contributed by atoms with Gasteiger partial charge in [0, 0.05) is 11.3 Å². The van der Waals surface area contributed by atoms with E-state index in [0.29, 0.717) is 11.3 Å². The summed E-state index contributed by atoms with van der Waals surface area (Å²) in [6.45, 7) is 1.63. The van der Waals surface area contributed by atoms with E-state index in [4.69, 9.17) is 10.8 Å². The predicted octanol–water partition coefficient (Wildman–Crippen LogP) is 1.49. The van der Waals surface area contributed by atoms with Crippen molar-refractivity contribution >= 4 is 23.6 Å². The predicted molar refractivity (Wildman–Crippen MR) is 63.4 cm³/mol. The lowest BCUT2D eigenvalue weighted by Gasteiger charge is -2.06. The summed E-state index contributed by atoms with van der Waals surface area (Å²) < 4.78 is 0. The summed E-state index contributed by atoms with van der Waals surface area (Å²) in [6, 6.07) is 6.90. The Bertz CT molecular complexity index is 406. The SMILES string of the molecule is CC(SCc1cccc(C(N)=O)c1)C(=O)O. The maximum atomic E-state index is 10.9. The number of carbonyl (C=O) groups is 2. The first-order valence-corrected chi connectivity index (χ1v) is 5.78. The lowest BCUT2D eigenvalue weighted by Crippen LogP contribution is -2.12. The van der Waals surface area contributed by atoms with E-state index >= 15 is 0 Å². The van der Waals surface area contributed by atoms with E-state index in [1.807, 2.05) is 6.07 Å². The Kier molecular flexibility index (Phi) is 4.37. The monoisotopic (exact) mass is 239 g/mol. The van der Waals surface area contributed by atoms with E-state index < -0.39 is 17.1 Å². The smallest absolute Gasteiger partial charge is 0.316 e. The Balaban J connectivity index is 2.64. The molecular formula is C11H13NO3S. The Morgan fingerprint density at radius 3 is 2.75 bits per heavy atom. The highest BCUT2D eigenvalue weighted by molar-refractivity contribution is 7.99. The van der Waals surface area contributed by atoms with Crippen LogP contribution in [0.1, 0.15) is 22.8 Å². The molecule has 0 spiro atoms. The fraction of sp³-hybridized carbons (Fsp3) is 0.273. The van der Waals surface area contributed by atoms with Crippen molar-refractivity contribution in [2.75, 3.05) is 0 Å². The molecule has 3 N–H and O–H groups in total. The van der Waals surface area contributed by atoms with E-state index in [-0.39, 0.29) is 0 Å². The zero-order valence-corrected chi connectivity index (χ0v) is 9.66. The maximum Gasteiger partial charge on any atom is 0.316 e. The molecule has 0 aliphatic heterocycles. The number of carboxylic acids is 1. The Morgan fingerprint density at radius 1 is 1.50 bits per heavy atom. The molecule has 0 aliphatic carbocycles. The molecule has 0 aliphatic rings. The second-order valence-corrected chi connectivity index (χ2v) is 4.69. The van der Waals surface area contributed by atoms with Crippen molar-refractivity contribution in [3.63, 3.8) is 0 Å². The Morgan fingerprint density at radius 2 is 2.19 bits per heavy atom. The standard InChI is InChI=1S/C11H13NO3S/c1-7(11(14)15)16-6-8-3-2-4-9(5-8)10(12)13/h2-5,7H,6H2,1H3,(H2,12,13)(H,14,15). The molecule has 0 saturated heterocycles. The summed E-state index contributed by atoms with van der Waals surface area (Å²) in [7, 11) is 0. The fourth-order valence-corrected chi connectivity index (χ4v) is 1.87. The molecule has 0 aromatic heterocycles. The Labute approximate surface area is 97.8 Å². The van der Waals surface area contributed by atoms with Gasteiger partial charge in [-0.05, 0) is 24.6 Å². The molecule has 0 radical (unpaired) electrons. The van der Waals surface area contributed by atoms with Gasteiger partial charge in [-0.2, -0.15) is 0 Å². The number of primary amides is 1. The van der Waals surface area contributed by atoms with Gasteiger partial charge in [-0.3, -0.25) is 9.59 Å². The minimum Gasteiger partial charge on any atom is -0.480 e. The second-order valence-electron chi connectivity index (χ2n) is 3.36. The number of nitrogens with two attached hydrogens (primary N) is 1. The van der Waals surface area contributed by atoms with Crippen molar-refractivity contribution in [2.45, 2.75) is 17.9 Å². The highest BCUT2D eigenvalue weighted by Gasteiger charge is 2.11. The van der Waals surface area contributed by atoms with Crippen LogP contribution in [0.4, 0.5) is 0 Å². The third kappa shape index (κ3) is 3.58. The van der Waals surface area contributed by atoms with Crippen molar-refractivity contribution in [3.8, 4) is 0 Å². The molecule has 5 heteroatoms. The lowest BCUT2D eigenvalue weighted by atomic mass is 10.1. The first kappa shape index (κ1) is 12.6. The van der Waals surface area contributed by atoms with Crippen LogP contribution in [0.25, 0.3) is 0 Å². The average Bonchev–Trinajstić information content (AvgIpc) is 2.26. The number of thioether (sulfide) groups is 1. The summed E-state index contributed by atoms with van der Waals surface area (Å²) in [6.07, 6.45) is 0. The van der Waals surface area contributed by atoms with Gasteiger partial charge in [-0.15, -0.1) is 11.8 Å². The van der Waals surface area contributed by atoms with Crippen LogP contribution in [-0.4, -0.2) is 22.2 Å². The third-order valence-corrected chi connectivity index (χ3v) is 3.26. The number of aliphatic carboxylic acids is 1. The molecule has 4 nitrogen and oxygen atoms in total. The number of carboxylic acid groups (broad SMARTS) is 1. The number of rotatable bonds is 5. The number of carbonyl (C=O) groups excluding carboxylic acids is 1. The molecular weight excluding hydrogens is 226 g/mol. The van der Waals surface area contributed by atoms with Gasteiger partial charge in [0.1, 0.15) is 0 Å². The van der Waals surface area contributed by atoms with Crippen LogP contribution in [0.5, 0.6) is 0 Å². The molecule has 1 rings (SSSR count). The van der Waals surface area contributed by atoms with Gasteiger partial charge < -0.3 is 10.8 Å². The first-order chi connectivity index (χ1) is 7.50. The van der Waals surface area contributed by atoms with Crippen LogP contribution in [0, 0.1) is 0 Å². The number of amides is 1. The zero-order valence-electron chi connectivity index (χ0n) is 8.84. The molecule has 0 saturated carbocycles. The molecule has 1 aromatic rings. The molecule has 0 fully saturated rings. The number of benzene rings is 1. The van der Waals surface area contributed by atoms with Crippen LogP contribution >= 0.6 is 11.8 Å². The van der Waals surface area contributed by atoms with Gasteiger partial charge in [0.2, 0.25) is 5.91 Å². The van der Waals surface area contributed by atoms with E-state index in [2.05, 4.69) is 0 Å². The van der Waals surface area contributed by atoms with E-state index in [1.165, 1.54) is 11.8 Å². The molecule has 1 unspecified atom stereocenters. The van der Waals surface area contributed by atoms with Crippen LogP contribution in [-0.2, 0) is 10.5 Å².